The van der Waals surface area contributed by atoms with Crippen LogP contribution in [-0.4, -0.2) is 36.3 Å². The monoisotopic (exact) mass is 291 g/mol. The van der Waals surface area contributed by atoms with Gasteiger partial charge in [0.15, 0.2) is 0 Å². The second-order valence-corrected chi connectivity index (χ2v) is 5.96. The van der Waals surface area contributed by atoms with Crippen LogP contribution in [0.1, 0.15) is 32.3 Å². The maximum absolute atomic E-state index is 10.1. The molecule has 0 heterocycles. The molecule has 21 heavy (non-hydrogen) atoms. The second kappa shape index (κ2) is 9.59. The lowest BCUT2D eigenvalue weighted by atomic mass is 10.1. The topological polar surface area (TPSA) is 32.7 Å². The standard InChI is InChI=1S/C18H29NO2/c1-5-6-7-17(20)14-19(12-15(2)3)13-16-8-10-18(21-4)11-9-16/h5,8-11,15,17,20H,1,6-7,12-14H2,2-4H3/t17-/m0/s1. The van der Waals surface area contributed by atoms with Crippen molar-refractivity contribution in [1.82, 2.24) is 4.90 Å². The molecular weight excluding hydrogens is 262 g/mol. The zero-order valence-corrected chi connectivity index (χ0v) is 13.6. The molecule has 118 valence electrons. The summed E-state index contributed by atoms with van der Waals surface area (Å²) in [5, 5.41) is 10.1. The van der Waals surface area contributed by atoms with Crippen LogP contribution in [0.3, 0.4) is 0 Å². The van der Waals surface area contributed by atoms with E-state index in [2.05, 4.69) is 37.5 Å². The van der Waals surface area contributed by atoms with E-state index in [4.69, 9.17) is 4.74 Å². The summed E-state index contributed by atoms with van der Waals surface area (Å²) in [5.41, 5.74) is 1.24. The summed E-state index contributed by atoms with van der Waals surface area (Å²) in [6.07, 6.45) is 3.21. The van der Waals surface area contributed by atoms with Gasteiger partial charge in [-0.1, -0.05) is 32.1 Å². The first-order valence-corrected chi connectivity index (χ1v) is 7.69. The molecule has 3 nitrogen and oxygen atoms in total. The number of aliphatic hydroxyl groups excluding tert-OH is 1. The Hall–Kier alpha value is -1.32. The van der Waals surface area contributed by atoms with Gasteiger partial charge in [-0.15, -0.1) is 6.58 Å². The minimum absolute atomic E-state index is 0.292. The summed E-state index contributed by atoms with van der Waals surface area (Å²) in [5.74, 6) is 1.45. The Balaban J connectivity index is 2.61. The van der Waals surface area contributed by atoms with Gasteiger partial charge in [-0.05, 0) is 36.5 Å². The summed E-state index contributed by atoms with van der Waals surface area (Å²) in [4.78, 5) is 2.32. The molecular formula is C18H29NO2. The van der Waals surface area contributed by atoms with Crippen molar-refractivity contribution in [2.24, 2.45) is 5.92 Å². The molecule has 0 saturated heterocycles. The lowest BCUT2D eigenvalue weighted by Gasteiger charge is -2.26. The van der Waals surface area contributed by atoms with Crippen LogP contribution in [0.25, 0.3) is 0 Å². The summed E-state index contributed by atoms with van der Waals surface area (Å²) < 4.78 is 5.18. The van der Waals surface area contributed by atoms with Gasteiger partial charge in [0.1, 0.15) is 5.75 Å². The summed E-state index contributed by atoms with van der Waals surface area (Å²) in [7, 11) is 1.68. The van der Waals surface area contributed by atoms with Crippen LogP contribution < -0.4 is 4.74 Å². The molecule has 1 rings (SSSR count). The van der Waals surface area contributed by atoms with Crippen LogP contribution in [0.4, 0.5) is 0 Å². The number of ether oxygens (including phenoxy) is 1. The van der Waals surface area contributed by atoms with Gasteiger partial charge in [0, 0.05) is 19.6 Å². The number of hydrogen-bond donors (Lipinski definition) is 1. The fourth-order valence-corrected chi connectivity index (χ4v) is 2.41. The predicted molar refractivity (Wildman–Crippen MR) is 88.5 cm³/mol. The van der Waals surface area contributed by atoms with Crippen LogP contribution in [0.2, 0.25) is 0 Å². The van der Waals surface area contributed by atoms with E-state index in [1.165, 1.54) is 5.56 Å². The van der Waals surface area contributed by atoms with Gasteiger partial charge >= 0.3 is 0 Å². The molecule has 0 spiro atoms. The lowest BCUT2D eigenvalue weighted by Crippen LogP contribution is -2.34. The van der Waals surface area contributed by atoms with E-state index in [0.717, 1.165) is 31.7 Å². The fourth-order valence-electron chi connectivity index (χ4n) is 2.41. The quantitative estimate of drug-likeness (QED) is 0.670. The maximum Gasteiger partial charge on any atom is 0.118 e. The van der Waals surface area contributed by atoms with Crippen molar-refractivity contribution in [1.29, 1.82) is 0 Å². The number of benzene rings is 1. The highest BCUT2D eigenvalue weighted by Gasteiger charge is 2.13. The summed E-state index contributed by atoms with van der Waals surface area (Å²) in [6.45, 7) is 10.7. The van der Waals surface area contributed by atoms with Crippen LogP contribution in [0.5, 0.6) is 5.75 Å². The first-order chi connectivity index (χ1) is 10.0. The Morgan fingerprint density at radius 2 is 1.90 bits per heavy atom. The molecule has 0 aliphatic carbocycles. The molecule has 0 saturated carbocycles. The number of hydrogen-bond acceptors (Lipinski definition) is 3. The van der Waals surface area contributed by atoms with E-state index < -0.39 is 0 Å². The molecule has 0 aromatic heterocycles. The van der Waals surface area contributed by atoms with Gasteiger partial charge in [0.05, 0.1) is 13.2 Å². The van der Waals surface area contributed by atoms with Crippen molar-refractivity contribution in [2.45, 2.75) is 39.3 Å². The van der Waals surface area contributed by atoms with Crippen LogP contribution >= 0.6 is 0 Å². The number of aliphatic hydroxyl groups is 1. The predicted octanol–water partition coefficient (Wildman–Crippen LogP) is 3.48. The molecule has 0 unspecified atom stereocenters. The van der Waals surface area contributed by atoms with E-state index in [1.54, 1.807) is 7.11 Å². The Bertz CT molecular complexity index is 400. The van der Waals surface area contributed by atoms with Gasteiger partial charge in [0.2, 0.25) is 0 Å². The number of methoxy groups -OCH3 is 1. The highest BCUT2D eigenvalue weighted by molar-refractivity contribution is 5.27. The van der Waals surface area contributed by atoms with Crippen LogP contribution in [0, 0.1) is 5.92 Å². The SMILES string of the molecule is C=CCC[C@H](O)CN(Cc1ccc(OC)cc1)CC(C)C. The first-order valence-electron chi connectivity index (χ1n) is 7.69. The minimum Gasteiger partial charge on any atom is -0.497 e. The molecule has 0 bridgehead atoms. The molecule has 1 atom stereocenters. The van der Waals surface area contributed by atoms with Crippen molar-refractivity contribution in [3.05, 3.63) is 42.5 Å². The molecule has 1 aromatic carbocycles. The second-order valence-electron chi connectivity index (χ2n) is 5.96. The van der Waals surface area contributed by atoms with Crippen molar-refractivity contribution >= 4 is 0 Å². The molecule has 0 radical (unpaired) electrons. The third kappa shape index (κ3) is 7.30. The molecule has 1 aromatic rings. The molecule has 0 aliphatic heterocycles. The largest absolute Gasteiger partial charge is 0.497 e. The van der Waals surface area contributed by atoms with Gasteiger partial charge in [0.25, 0.3) is 0 Å². The molecule has 0 amide bonds. The number of allylic oxidation sites excluding steroid dienone is 1. The minimum atomic E-state index is -0.292. The summed E-state index contributed by atoms with van der Waals surface area (Å²) >= 11 is 0. The van der Waals surface area contributed by atoms with Gasteiger partial charge < -0.3 is 9.84 Å². The van der Waals surface area contributed by atoms with Crippen molar-refractivity contribution < 1.29 is 9.84 Å². The highest BCUT2D eigenvalue weighted by atomic mass is 16.5. The molecule has 0 fully saturated rings. The maximum atomic E-state index is 10.1. The smallest absolute Gasteiger partial charge is 0.118 e. The molecule has 1 N–H and O–H groups in total. The first kappa shape index (κ1) is 17.7. The van der Waals surface area contributed by atoms with E-state index in [-0.39, 0.29) is 6.10 Å². The van der Waals surface area contributed by atoms with Crippen LogP contribution in [-0.2, 0) is 6.54 Å². The van der Waals surface area contributed by atoms with Gasteiger partial charge in [-0.25, -0.2) is 0 Å². The third-order valence-corrected chi connectivity index (χ3v) is 3.36. The zero-order valence-electron chi connectivity index (χ0n) is 13.6. The molecule has 3 heteroatoms. The van der Waals surface area contributed by atoms with Gasteiger partial charge in [-0.3, -0.25) is 4.90 Å². The van der Waals surface area contributed by atoms with E-state index in [9.17, 15) is 5.11 Å². The average Bonchev–Trinajstić information content (AvgIpc) is 2.45. The lowest BCUT2D eigenvalue weighted by molar-refractivity contribution is 0.0957. The zero-order chi connectivity index (χ0) is 15.7. The Morgan fingerprint density at radius 1 is 1.24 bits per heavy atom. The van der Waals surface area contributed by atoms with Crippen molar-refractivity contribution in [2.75, 3.05) is 20.2 Å². The van der Waals surface area contributed by atoms with E-state index in [0.29, 0.717) is 12.5 Å². The third-order valence-electron chi connectivity index (χ3n) is 3.36. The number of rotatable bonds is 10. The highest BCUT2D eigenvalue weighted by Crippen LogP contribution is 2.14. The average molecular weight is 291 g/mol. The molecule has 0 aliphatic rings. The Labute approximate surface area is 129 Å². The Morgan fingerprint density at radius 3 is 2.43 bits per heavy atom. The van der Waals surface area contributed by atoms with E-state index >= 15 is 0 Å². The summed E-state index contributed by atoms with van der Waals surface area (Å²) in [6, 6.07) is 8.14. The van der Waals surface area contributed by atoms with Crippen molar-refractivity contribution in [3.8, 4) is 5.75 Å². The van der Waals surface area contributed by atoms with E-state index in [1.807, 2.05) is 18.2 Å². The normalized spacial score (nSPS) is 12.7. The van der Waals surface area contributed by atoms with Crippen LogP contribution in [0.15, 0.2) is 36.9 Å². The van der Waals surface area contributed by atoms with Crippen molar-refractivity contribution in [3.63, 3.8) is 0 Å². The Kier molecular flexibility index (Phi) is 8.09. The number of nitrogens with zero attached hydrogens (tertiary/aromatic N) is 1. The fraction of sp³-hybridized carbons (Fsp3) is 0.556. The van der Waals surface area contributed by atoms with Gasteiger partial charge in [-0.2, -0.15) is 0 Å².